The Hall–Kier alpha value is -1.43. The van der Waals surface area contributed by atoms with Crippen molar-refractivity contribution in [3.05, 3.63) is 16.1 Å². The molecule has 0 aromatic carbocycles. The largest absolute Gasteiger partial charge is 0.342 e. The zero-order valence-corrected chi connectivity index (χ0v) is 13.5. The summed E-state index contributed by atoms with van der Waals surface area (Å²) < 4.78 is 0. The number of amides is 2. The Kier molecular flexibility index (Phi) is 3.51. The summed E-state index contributed by atoms with van der Waals surface area (Å²) in [6.45, 7) is 6.26. The van der Waals surface area contributed by atoms with E-state index in [4.69, 9.17) is 0 Å². The molecular weight excluding hydrogens is 286 g/mol. The number of nitrogens with one attached hydrogen (secondary N) is 1. The van der Waals surface area contributed by atoms with Crippen molar-refractivity contribution in [3.8, 4) is 0 Å². The molecule has 2 unspecified atom stereocenters. The predicted molar refractivity (Wildman–Crippen MR) is 80.8 cm³/mol. The van der Waals surface area contributed by atoms with Gasteiger partial charge in [-0.05, 0) is 39.5 Å². The maximum Gasteiger partial charge on any atom is 0.248 e. The summed E-state index contributed by atoms with van der Waals surface area (Å²) in [5.41, 5.74) is 0.164. The molecule has 1 saturated carbocycles. The monoisotopic (exact) mass is 307 g/mol. The summed E-state index contributed by atoms with van der Waals surface area (Å²) >= 11 is 1.59. The van der Waals surface area contributed by atoms with Gasteiger partial charge in [0.25, 0.3) is 0 Å². The summed E-state index contributed by atoms with van der Waals surface area (Å²) in [6, 6.07) is -0.0971. The van der Waals surface area contributed by atoms with Crippen molar-refractivity contribution >= 4 is 23.2 Å². The number of carbonyl (C=O) groups is 2. The molecule has 2 aliphatic rings. The molecule has 0 radical (unpaired) electrons. The van der Waals surface area contributed by atoms with Crippen molar-refractivity contribution in [3.63, 3.8) is 0 Å². The second kappa shape index (κ2) is 5.09. The van der Waals surface area contributed by atoms with Crippen molar-refractivity contribution in [2.24, 2.45) is 5.92 Å². The fourth-order valence-corrected chi connectivity index (χ4v) is 3.70. The summed E-state index contributed by atoms with van der Waals surface area (Å²) in [5.74, 6) is 0.287. The second-order valence-corrected chi connectivity index (χ2v) is 7.43. The predicted octanol–water partition coefficient (Wildman–Crippen LogP) is 1.86. The third-order valence-corrected chi connectivity index (χ3v) is 5.33. The Morgan fingerprint density at radius 1 is 1.48 bits per heavy atom. The van der Waals surface area contributed by atoms with Gasteiger partial charge in [-0.3, -0.25) is 9.59 Å². The van der Waals surface area contributed by atoms with E-state index in [1.54, 1.807) is 11.3 Å². The Morgan fingerprint density at radius 2 is 2.19 bits per heavy atom. The lowest BCUT2D eigenvalue weighted by molar-refractivity contribution is -0.141. The zero-order valence-electron chi connectivity index (χ0n) is 12.7. The standard InChI is InChI=1S/C15H21N3O2S/c1-9-6-13(19)17-15(3,11-4-5-11)14(20)18(9)7-12-8-21-10(2)16-12/h8-9,11H,4-7H2,1-3H3,(H,17,19). The lowest BCUT2D eigenvalue weighted by Crippen LogP contribution is -2.57. The highest BCUT2D eigenvalue weighted by molar-refractivity contribution is 7.09. The van der Waals surface area contributed by atoms with E-state index >= 15 is 0 Å². The minimum atomic E-state index is -0.743. The molecule has 21 heavy (non-hydrogen) atoms. The molecule has 114 valence electrons. The summed E-state index contributed by atoms with van der Waals surface area (Å²) in [5, 5.41) is 5.96. The van der Waals surface area contributed by atoms with Crippen molar-refractivity contribution in [2.75, 3.05) is 0 Å². The molecule has 3 rings (SSSR count). The first-order valence-electron chi connectivity index (χ1n) is 7.43. The molecule has 0 bridgehead atoms. The topological polar surface area (TPSA) is 62.3 Å². The van der Waals surface area contributed by atoms with Gasteiger partial charge in [-0.2, -0.15) is 0 Å². The van der Waals surface area contributed by atoms with Gasteiger partial charge in [0.15, 0.2) is 0 Å². The number of thiazole rings is 1. The van der Waals surface area contributed by atoms with Crippen LogP contribution in [0.1, 0.15) is 43.8 Å². The summed E-state index contributed by atoms with van der Waals surface area (Å²) in [6.07, 6.45) is 2.39. The molecule has 1 aliphatic carbocycles. The van der Waals surface area contributed by atoms with Gasteiger partial charge in [0, 0.05) is 17.8 Å². The van der Waals surface area contributed by atoms with Gasteiger partial charge in [0.05, 0.1) is 17.2 Å². The van der Waals surface area contributed by atoms with Crippen LogP contribution in [-0.2, 0) is 16.1 Å². The number of aryl methyl sites for hydroxylation is 1. The van der Waals surface area contributed by atoms with Gasteiger partial charge in [-0.1, -0.05) is 0 Å². The smallest absolute Gasteiger partial charge is 0.248 e. The average molecular weight is 307 g/mol. The zero-order chi connectivity index (χ0) is 15.2. The molecule has 2 fully saturated rings. The minimum Gasteiger partial charge on any atom is -0.342 e. The van der Waals surface area contributed by atoms with Crippen LogP contribution in [0.15, 0.2) is 5.38 Å². The van der Waals surface area contributed by atoms with Crippen LogP contribution in [0.5, 0.6) is 0 Å². The van der Waals surface area contributed by atoms with Crippen molar-refractivity contribution in [1.29, 1.82) is 0 Å². The van der Waals surface area contributed by atoms with E-state index in [-0.39, 0.29) is 23.8 Å². The molecule has 2 heterocycles. The van der Waals surface area contributed by atoms with Crippen molar-refractivity contribution in [2.45, 2.75) is 58.2 Å². The fraction of sp³-hybridized carbons (Fsp3) is 0.667. The van der Waals surface area contributed by atoms with Crippen LogP contribution in [0.3, 0.4) is 0 Å². The highest BCUT2D eigenvalue weighted by Crippen LogP contribution is 2.42. The van der Waals surface area contributed by atoms with Gasteiger partial charge in [0.1, 0.15) is 5.54 Å². The van der Waals surface area contributed by atoms with Gasteiger partial charge in [-0.15, -0.1) is 11.3 Å². The first kappa shape index (κ1) is 14.5. The van der Waals surface area contributed by atoms with Crippen LogP contribution in [-0.4, -0.2) is 33.3 Å². The van der Waals surface area contributed by atoms with Crippen LogP contribution in [0.4, 0.5) is 0 Å². The molecule has 1 saturated heterocycles. The number of rotatable bonds is 3. The first-order valence-corrected chi connectivity index (χ1v) is 8.31. The average Bonchev–Trinajstić information content (AvgIpc) is 3.19. The lowest BCUT2D eigenvalue weighted by atomic mass is 9.94. The Bertz CT molecular complexity index is 581. The fourth-order valence-electron chi connectivity index (χ4n) is 3.09. The molecule has 5 nitrogen and oxygen atoms in total. The van der Waals surface area contributed by atoms with E-state index in [1.165, 1.54) is 0 Å². The molecule has 0 spiro atoms. The molecule has 1 aromatic heterocycles. The lowest BCUT2D eigenvalue weighted by Gasteiger charge is -2.34. The van der Waals surface area contributed by atoms with Gasteiger partial charge < -0.3 is 10.2 Å². The Morgan fingerprint density at radius 3 is 2.76 bits per heavy atom. The number of hydrogen-bond acceptors (Lipinski definition) is 4. The normalized spacial score (nSPS) is 30.2. The summed E-state index contributed by atoms with van der Waals surface area (Å²) in [4.78, 5) is 31.4. The van der Waals surface area contributed by atoms with E-state index in [2.05, 4.69) is 10.3 Å². The molecule has 2 atom stereocenters. The highest BCUT2D eigenvalue weighted by Gasteiger charge is 2.52. The van der Waals surface area contributed by atoms with Crippen LogP contribution in [0, 0.1) is 12.8 Å². The van der Waals surface area contributed by atoms with Gasteiger partial charge in [0.2, 0.25) is 11.8 Å². The van der Waals surface area contributed by atoms with E-state index in [1.807, 2.05) is 31.1 Å². The number of nitrogens with zero attached hydrogens (tertiary/aromatic N) is 2. The molecular formula is C15H21N3O2S. The highest BCUT2D eigenvalue weighted by atomic mass is 32.1. The molecule has 6 heteroatoms. The second-order valence-electron chi connectivity index (χ2n) is 6.37. The van der Waals surface area contributed by atoms with Crippen LogP contribution in [0.2, 0.25) is 0 Å². The third-order valence-electron chi connectivity index (χ3n) is 4.51. The van der Waals surface area contributed by atoms with Crippen molar-refractivity contribution in [1.82, 2.24) is 15.2 Å². The van der Waals surface area contributed by atoms with Crippen molar-refractivity contribution < 1.29 is 9.59 Å². The molecule has 2 amide bonds. The first-order chi connectivity index (χ1) is 9.90. The number of hydrogen-bond donors (Lipinski definition) is 1. The third kappa shape index (κ3) is 2.69. The Balaban J connectivity index is 1.88. The van der Waals surface area contributed by atoms with Gasteiger partial charge in [-0.25, -0.2) is 4.98 Å². The maximum absolute atomic E-state index is 13.0. The van der Waals surface area contributed by atoms with Gasteiger partial charge >= 0.3 is 0 Å². The number of carbonyl (C=O) groups excluding carboxylic acids is 2. The maximum atomic E-state index is 13.0. The van der Waals surface area contributed by atoms with E-state index < -0.39 is 5.54 Å². The van der Waals surface area contributed by atoms with E-state index in [0.717, 1.165) is 23.5 Å². The quantitative estimate of drug-likeness (QED) is 0.927. The van der Waals surface area contributed by atoms with Crippen LogP contribution >= 0.6 is 11.3 Å². The SMILES string of the molecule is Cc1nc(CN2C(=O)C(C)(C3CC3)NC(=O)CC2C)cs1. The Labute approximate surface area is 128 Å². The molecule has 1 aliphatic heterocycles. The molecule has 1 aromatic rings. The van der Waals surface area contributed by atoms with Crippen LogP contribution < -0.4 is 5.32 Å². The summed E-state index contributed by atoms with van der Waals surface area (Å²) in [7, 11) is 0. The molecule has 1 N–H and O–H groups in total. The van der Waals surface area contributed by atoms with Crippen LogP contribution in [0.25, 0.3) is 0 Å². The minimum absolute atomic E-state index is 0.0257. The number of aromatic nitrogens is 1. The van der Waals surface area contributed by atoms with E-state index in [0.29, 0.717) is 13.0 Å². The van der Waals surface area contributed by atoms with E-state index in [9.17, 15) is 9.59 Å².